The molecule has 0 aliphatic rings. The van der Waals surface area contributed by atoms with E-state index in [0.717, 1.165) is 0 Å². The van der Waals surface area contributed by atoms with Gasteiger partial charge in [-0.1, -0.05) is 0 Å². The highest BCUT2D eigenvalue weighted by atomic mass is 35.5. The fourth-order valence-electron chi connectivity index (χ4n) is 0.829. The van der Waals surface area contributed by atoms with Crippen molar-refractivity contribution in [1.82, 2.24) is 0 Å². The molecule has 0 saturated heterocycles. The van der Waals surface area contributed by atoms with Crippen LogP contribution >= 0.6 is 19.2 Å². The predicted octanol–water partition coefficient (Wildman–Crippen LogP) is 2.24. The Kier molecular flexibility index (Phi) is 5.73. The maximum absolute atomic E-state index is 13.8. The van der Waals surface area contributed by atoms with Gasteiger partial charge in [-0.3, -0.25) is 4.57 Å². The lowest BCUT2D eigenvalue weighted by Gasteiger charge is -2.26. The lowest BCUT2D eigenvalue weighted by Crippen LogP contribution is -2.37. The van der Waals surface area contributed by atoms with Crippen molar-refractivity contribution >= 4 is 25.2 Å². The Balaban J connectivity index is 5.19. The Morgan fingerprint density at radius 1 is 1.47 bits per heavy atom. The van der Waals surface area contributed by atoms with Gasteiger partial charge in [0.05, 0.1) is 19.1 Å². The number of alkyl halides is 2. The number of carbonyl (C=O) groups is 1. The first-order valence-electron chi connectivity index (χ1n) is 4.25. The SMILES string of the molecule is CCOP(=O)(OCC)C(F)(CCl)C(=O)O. The summed E-state index contributed by atoms with van der Waals surface area (Å²) in [6.45, 7) is 2.63. The van der Waals surface area contributed by atoms with Crippen molar-refractivity contribution in [1.29, 1.82) is 0 Å². The molecule has 0 spiro atoms. The molecule has 1 N–H and O–H groups in total. The van der Waals surface area contributed by atoms with E-state index >= 15 is 0 Å². The molecule has 0 saturated carbocycles. The standard InChI is InChI=1S/C7H13ClFO5P/c1-3-13-15(12,14-4-2)7(9,5-8)6(10)11/h3-5H2,1-2H3,(H,10,11). The van der Waals surface area contributed by atoms with Gasteiger partial charge in [0.1, 0.15) is 0 Å². The van der Waals surface area contributed by atoms with Crippen LogP contribution < -0.4 is 0 Å². The minimum absolute atomic E-state index is 0.132. The second-order valence-corrected chi connectivity index (χ2v) is 5.02. The fourth-order valence-corrected chi connectivity index (χ4v) is 2.93. The highest BCUT2D eigenvalue weighted by Crippen LogP contribution is 2.61. The summed E-state index contributed by atoms with van der Waals surface area (Å²) in [7, 11) is -4.40. The van der Waals surface area contributed by atoms with Crippen LogP contribution in [0.4, 0.5) is 4.39 Å². The van der Waals surface area contributed by atoms with Crippen LogP contribution in [-0.4, -0.2) is 35.6 Å². The lowest BCUT2D eigenvalue weighted by molar-refractivity contribution is -0.145. The molecule has 8 heteroatoms. The minimum atomic E-state index is -4.40. The van der Waals surface area contributed by atoms with Gasteiger partial charge in [-0.05, 0) is 13.8 Å². The van der Waals surface area contributed by atoms with Gasteiger partial charge < -0.3 is 14.2 Å². The van der Waals surface area contributed by atoms with Crippen LogP contribution in [-0.2, 0) is 18.4 Å². The lowest BCUT2D eigenvalue weighted by atomic mass is 10.4. The van der Waals surface area contributed by atoms with Gasteiger partial charge in [-0.2, -0.15) is 0 Å². The van der Waals surface area contributed by atoms with Gasteiger partial charge >= 0.3 is 19.0 Å². The second-order valence-electron chi connectivity index (χ2n) is 2.53. The molecule has 0 radical (unpaired) electrons. The summed E-state index contributed by atoms with van der Waals surface area (Å²) in [6.07, 6.45) is 0. The minimum Gasteiger partial charge on any atom is -0.478 e. The van der Waals surface area contributed by atoms with E-state index in [-0.39, 0.29) is 13.2 Å². The summed E-state index contributed by atoms with van der Waals surface area (Å²) < 4.78 is 34.8. The first-order valence-corrected chi connectivity index (χ1v) is 6.33. The van der Waals surface area contributed by atoms with Gasteiger partial charge in [0.2, 0.25) is 0 Å². The molecule has 5 nitrogen and oxygen atoms in total. The van der Waals surface area contributed by atoms with Crippen molar-refractivity contribution < 1.29 is 27.9 Å². The van der Waals surface area contributed by atoms with Crippen LogP contribution in [0.1, 0.15) is 13.8 Å². The largest absolute Gasteiger partial charge is 0.478 e. The van der Waals surface area contributed by atoms with Crippen molar-refractivity contribution in [3.8, 4) is 0 Å². The van der Waals surface area contributed by atoms with E-state index in [1.807, 2.05) is 0 Å². The molecule has 0 fully saturated rings. The third kappa shape index (κ3) is 2.91. The summed E-state index contributed by atoms with van der Waals surface area (Å²) in [5.74, 6) is -2.96. The average molecular weight is 263 g/mol. The third-order valence-corrected chi connectivity index (χ3v) is 4.51. The predicted molar refractivity (Wildman–Crippen MR) is 53.1 cm³/mol. The molecule has 0 aliphatic heterocycles. The molecule has 1 atom stereocenters. The molecule has 90 valence electrons. The number of carboxylic acid groups (broad SMARTS) is 1. The topological polar surface area (TPSA) is 72.8 Å². The third-order valence-electron chi connectivity index (χ3n) is 1.54. The quantitative estimate of drug-likeness (QED) is 0.563. The summed E-state index contributed by atoms with van der Waals surface area (Å²) in [5.41, 5.74) is 0. The molecule has 0 aliphatic carbocycles. The van der Waals surface area contributed by atoms with Crippen molar-refractivity contribution in [2.45, 2.75) is 19.3 Å². The van der Waals surface area contributed by atoms with E-state index in [9.17, 15) is 13.8 Å². The zero-order valence-electron chi connectivity index (χ0n) is 8.40. The second kappa shape index (κ2) is 5.80. The zero-order chi connectivity index (χ0) is 12.1. The Hall–Kier alpha value is -0.160. The Morgan fingerprint density at radius 3 is 2.07 bits per heavy atom. The van der Waals surface area contributed by atoms with E-state index < -0.39 is 24.9 Å². The van der Waals surface area contributed by atoms with Crippen molar-refractivity contribution in [2.24, 2.45) is 0 Å². The van der Waals surface area contributed by atoms with Crippen LogP contribution in [0.25, 0.3) is 0 Å². The zero-order valence-corrected chi connectivity index (χ0v) is 10.1. The highest BCUT2D eigenvalue weighted by molar-refractivity contribution is 7.56. The van der Waals surface area contributed by atoms with E-state index in [1.165, 1.54) is 13.8 Å². The van der Waals surface area contributed by atoms with Gasteiger partial charge in [0.25, 0.3) is 0 Å². The maximum atomic E-state index is 13.8. The fraction of sp³-hybridized carbons (Fsp3) is 0.857. The molecule has 0 rings (SSSR count). The summed E-state index contributed by atoms with van der Waals surface area (Å²) in [5, 5.41) is 5.42. The summed E-state index contributed by atoms with van der Waals surface area (Å²) in [6, 6.07) is 0. The molecular weight excluding hydrogens is 249 g/mol. The van der Waals surface area contributed by atoms with Crippen molar-refractivity contribution in [3.63, 3.8) is 0 Å². The van der Waals surface area contributed by atoms with Crippen molar-refractivity contribution in [2.75, 3.05) is 19.1 Å². The van der Waals surface area contributed by atoms with Crippen LogP contribution in [0.15, 0.2) is 0 Å². The van der Waals surface area contributed by atoms with E-state index in [4.69, 9.17) is 16.7 Å². The normalized spacial score (nSPS) is 16.0. The monoisotopic (exact) mass is 262 g/mol. The number of hydrogen-bond donors (Lipinski definition) is 1. The Bertz CT molecular complexity index is 264. The van der Waals surface area contributed by atoms with Gasteiger partial charge in [0, 0.05) is 0 Å². The number of halogens is 2. The number of aliphatic carboxylic acids is 1. The first kappa shape index (κ1) is 14.8. The Labute approximate surface area is 92.0 Å². The molecule has 1 unspecified atom stereocenters. The van der Waals surface area contributed by atoms with E-state index in [0.29, 0.717) is 0 Å². The molecule has 0 aromatic carbocycles. The maximum Gasteiger partial charge on any atom is 0.380 e. The Morgan fingerprint density at radius 2 is 1.87 bits per heavy atom. The van der Waals surface area contributed by atoms with Gasteiger partial charge in [-0.15, -0.1) is 11.6 Å². The van der Waals surface area contributed by atoms with Crippen LogP contribution in [0.3, 0.4) is 0 Å². The molecule has 0 bridgehead atoms. The summed E-state index contributed by atoms with van der Waals surface area (Å²) >= 11 is 5.17. The number of hydrogen-bond acceptors (Lipinski definition) is 4. The smallest absolute Gasteiger partial charge is 0.380 e. The molecule has 0 aromatic heterocycles. The molecular formula is C7H13ClFO5P. The van der Waals surface area contributed by atoms with Crippen LogP contribution in [0, 0.1) is 0 Å². The highest BCUT2D eigenvalue weighted by Gasteiger charge is 2.58. The summed E-state index contributed by atoms with van der Waals surface area (Å²) in [4.78, 5) is 10.7. The van der Waals surface area contributed by atoms with Gasteiger partial charge in [-0.25, -0.2) is 9.18 Å². The molecule has 0 heterocycles. The molecule has 0 amide bonds. The van der Waals surface area contributed by atoms with Crippen LogP contribution in [0.5, 0.6) is 0 Å². The van der Waals surface area contributed by atoms with E-state index in [2.05, 4.69) is 9.05 Å². The van der Waals surface area contributed by atoms with Crippen molar-refractivity contribution in [3.05, 3.63) is 0 Å². The molecule has 15 heavy (non-hydrogen) atoms. The van der Waals surface area contributed by atoms with Crippen LogP contribution in [0.2, 0.25) is 0 Å². The first-order chi connectivity index (χ1) is 6.88. The number of rotatable bonds is 7. The number of carboxylic acids is 1. The molecule has 0 aromatic rings. The average Bonchev–Trinajstić information content (AvgIpc) is 2.16. The van der Waals surface area contributed by atoms with E-state index in [1.54, 1.807) is 0 Å². The van der Waals surface area contributed by atoms with Gasteiger partial charge in [0.15, 0.2) is 0 Å².